The fourth-order valence-electron chi connectivity index (χ4n) is 2.26. The Kier molecular flexibility index (Phi) is 5.15. The predicted molar refractivity (Wildman–Crippen MR) is 73.3 cm³/mol. The number of carbonyl (C=O) groups excluding carboxylic acids is 2. The number of carbonyl (C=O) groups is 2. The molecule has 1 fully saturated rings. The van der Waals surface area contributed by atoms with Gasteiger partial charge in [-0.1, -0.05) is 19.8 Å². The summed E-state index contributed by atoms with van der Waals surface area (Å²) in [5.74, 6) is 0.0895. The summed E-state index contributed by atoms with van der Waals surface area (Å²) in [6.45, 7) is 3.27. The van der Waals surface area contributed by atoms with Crippen LogP contribution in [0.25, 0.3) is 0 Å². The molecule has 0 atom stereocenters. The van der Waals surface area contributed by atoms with Crippen LogP contribution < -0.4 is 0 Å². The van der Waals surface area contributed by atoms with Crippen molar-refractivity contribution in [1.82, 2.24) is 14.9 Å². The lowest BCUT2D eigenvalue weighted by Crippen LogP contribution is -2.35. The van der Waals surface area contributed by atoms with Crippen LogP contribution in [0.15, 0.2) is 6.20 Å². The van der Waals surface area contributed by atoms with E-state index in [9.17, 15) is 9.59 Å². The second kappa shape index (κ2) is 7.07. The Morgan fingerprint density at radius 1 is 1.30 bits per heavy atom. The standard InChI is InChI=1S/C14H21N3O3/c1-2-12-15-9-11(16-12)14(19)20-10-13(18)17-7-5-3-4-6-8-17/h9H,2-8,10H2,1H3,(H,15,16). The molecule has 0 saturated carbocycles. The number of ether oxygens (including phenoxy) is 1. The van der Waals surface area contributed by atoms with Gasteiger partial charge in [0, 0.05) is 19.5 Å². The minimum atomic E-state index is -0.527. The van der Waals surface area contributed by atoms with Gasteiger partial charge in [-0.15, -0.1) is 0 Å². The maximum Gasteiger partial charge on any atom is 0.356 e. The van der Waals surface area contributed by atoms with Gasteiger partial charge in [0.1, 0.15) is 11.5 Å². The maximum atomic E-state index is 12.0. The van der Waals surface area contributed by atoms with E-state index in [4.69, 9.17) is 4.74 Å². The molecule has 2 heterocycles. The van der Waals surface area contributed by atoms with E-state index < -0.39 is 5.97 Å². The monoisotopic (exact) mass is 279 g/mol. The highest BCUT2D eigenvalue weighted by atomic mass is 16.5. The minimum absolute atomic E-state index is 0.115. The summed E-state index contributed by atoms with van der Waals surface area (Å²) in [7, 11) is 0. The topological polar surface area (TPSA) is 75.3 Å². The molecule has 1 saturated heterocycles. The lowest BCUT2D eigenvalue weighted by Gasteiger charge is -2.19. The molecule has 1 aliphatic rings. The quantitative estimate of drug-likeness (QED) is 0.848. The van der Waals surface area contributed by atoms with E-state index in [0.717, 1.165) is 51.0 Å². The van der Waals surface area contributed by atoms with Crippen molar-refractivity contribution in [3.63, 3.8) is 0 Å². The normalized spacial score (nSPS) is 15.8. The van der Waals surface area contributed by atoms with E-state index in [1.54, 1.807) is 4.90 Å². The molecule has 6 heteroatoms. The van der Waals surface area contributed by atoms with Gasteiger partial charge < -0.3 is 14.6 Å². The van der Waals surface area contributed by atoms with Crippen molar-refractivity contribution in [2.75, 3.05) is 19.7 Å². The maximum absolute atomic E-state index is 12.0. The Morgan fingerprint density at radius 3 is 2.60 bits per heavy atom. The third kappa shape index (κ3) is 3.82. The number of aromatic nitrogens is 2. The van der Waals surface area contributed by atoms with Gasteiger partial charge in [0.2, 0.25) is 0 Å². The Balaban J connectivity index is 1.81. The van der Waals surface area contributed by atoms with Gasteiger partial charge in [0.25, 0.3) is 5.91 Å². The Hall–Kier alpha value is -1.85. The molecule has 0 aromatic carbocycles. The second-order valence-corrected chi connectivity index (χ2v) is 4.97. The Morgan fingerprint density at radius 2 is 2.00 bits per heavy atom. The summed E-state index contributed by atoms with van der Waals surface area (Å²) in [4.78, 5) is 32.4. The molecule has 2 rings (SSSR count). The van der Waals surface area contributed by atoms with E-state index in [0.29, 0.717) is 5.69 Å². The largest absolute Gasteiger partial charge is 0.451 e. The van der Waals surface area contributed by atoms with Crippen LogP contribution in [0.4, 0.5) is 0 Å². The van der Waals surface area contributed by atoms with Gasteiger partial charge >= 0.3 is 5.97 Å². The van der Waals surface area contributed by atoms with Gasteiger partial charge in [-0.05, 0) is 12.8 Å². The highest BCUT2D eigenvalue weighted by Gasteiger charge is 2.18. The number of esters is 1. The molecular formula is C14H21N3O3. The number of imidazole rings is 1. The fourth-order valence-corrected chi connectivity index (χ4v) is 2.26. The van der Waals surface area contributed by atoms with E-state index >= 15 is 0 Å². The number of hydrogen-bond acceptors (Lipinski definition) is 4. The van der Waals surface area contributed by atoms with E-state index in [1.807, 2.05) is 6.92 Å². The SMILES string of the molecule is CCc1ncc(C(=O)OCC(=O)N2CCCCCC2)[nH]1. The van der Waals surface area contributed by atoms with Gasteiger partial charge in [0.05, 0.1) is 6.20 Å². The molecule has 20 heavy (non-hydrogen) atoms. The third-order valence-electron chi connectivity index (χ3n) is 3.47. The number of aromatic amines is 1. The predicted octanol–water partition coefficient (Wildman–Crippen LogP) is 1.53. The number of nitrogens with one attached hydrogen (secondary N) is 1. The number of hydrogen-bond donors (Lipinski definition) is 1. The summed E-state index contributed by atoms with van der Waals surface area (Å²) in [5, 5.41) is 0. The molecular weight excluding hydrogens is 258 g/mol. The van der Waals surface area contributed by atoms with Crippen molar-refractivity contribution in [1.29, 1.82) is 0 Å². The number of aryl methyl sites for hydroxylation is 1. The molecule has 0 spiro atoms. The Labute approximate surface area is 118 Å². The van der Waals surface area contributed by atoms with Crippen LogP contribution >= 0.6 is 0 Å². The molecule has 0 radical (unpaired) electrons. The van der Waals surface area contributed by atoms with Crippen LogP contribution in [0.2, 0.25) is 0 Å². The van der Waals surface area contributed by atoms with Crippen molar-refractivity contribution in [2.45, 2.75) is 39.0 Å². The zero-order valence-corrected chi connectivity index (χ0v) is 11.9. The van der Waals surface area contributed by atoms with Gasteiger partial charge in [0.15, 0.2) is 6.61 Å². The van der Waals surface area contributed by atoms with Crippen LogP contribution in [0.5, 0.6) is 0 Å². The molecule has 1 N–H and O–H groups in total. The molecule has 0 unspecified atom stereocenters. The molecule has 0 bridgehead atoms. The van der Waals surface area contributed by atoms with E-state index in [2.05, 4.69) is 9.97 Å². The number of H-pyrrole nitrogens is 1. The van der Waals surface area contributed by atoms with E-state index in [1.165, 1.54) is 6.20 Å². The number of nitrogens with zero attached hydrogens (tertiary/aromatic N) is 2. The molecule has 1 amide bonds. The molecule has 6 nitrogen and oxygen atoms in total. The molecule has 1 aliphatic heterocycles. The van der Waals surface area contributed by atoms with Crippen molar-refractivity contribution in [3.8, 4) is 0 Å². The fraction of sp³-hybridized carbons (Fsp3) is 0.643. The van der Waals surface area contributed by atoms with Crippen molar-refractivity contribution < 1.29 is 14.3 Å². The van der Waals surface area contributed by atoms with Crippen LogP contribution in [0.1, 0.15) is 48.9 Å². The van der Waals surface area contributed by atoms with Gasteiger partial charge in [-0.2, -0.15) is 0 Å². The molecule has 0 aliphatic carbocycles. The molecule has 1 aromatic rings. The summed E-state index contributed by atoms with van der Waals surface area (Å²) < 4.78 is 5.04. The zero-order valence-electron chi connectivity index (χ0n) is 11.9. The average Bonchev–Trinajstić information content (AvgIpc) is 2.78. The highest BCUT2D eigenvalue weighted by Crippen LogP contribution is 2.10. The van der Waals surface area contributed by atoms with Crippen LogP contribution in [0.3, 0.4) is 0 Å². The van der Waals surface area contributed by atoms with Crippen LogP contribution in [-0.2, 0) is 16.0 Å². The average molecular weight is 279 g/mol. The summed E-state index contributed by atoms with van der Waals surface area (Å²) in [5.41, 5.74) is 0.297. The first-order chi connectivity index (χ1) is 9.70. The number of rotatable bonds is 4. The molecule has 1 aromatic heterocycles. The summed E-state index contributed by atoms with van der Waals surface area (Å²) in [6, 6.07) is 0. The first-order valence-electron chi connectivity index (χ1n) is 7.19. The Bertz CT molecular complexity index is 462. The smallest absolute Gasteiger partial charge is 0.356 e. The summed E-state index contributed by atoms with van der Waals surface area (Å²) >= 11 is 0. The lowest BCUT2D eigenvalue weighted by molar-refractivity contribution is -0.134. The highest BCUT2D eigenvalue weighted by molar-refractivity contribution is 5.89. The number of likely N-dealkylation sites (tertiary alicyclic amines) is 1. The lowest BCUT2D eigenvalue weighted by atomic mass is 10.2. The second-order valence-electron chi connectivity index (χ2n) is 4.97. The van der Waals surface area contributed by atoms with Crippen LogP contribution in [0, 0.1) is 0 Å². The first-order valence-corrected chi connectivity index (χ1v) is 7.19. The summed E-state index contributed by atoms with van der Waals surface area (Å²) in [6.07, 6.45) is 6.55. The van der Waals surface area contributed by atoms with Gasteiger partial charge in [-0.3, -0.25) is 4.79 Å². The molecule has 110 valence electrons. The van der Waals surface area contributed by atoms with Crippen molar-refractivity contribution >= 4 is 11.9 Å². The zero-order chi connectivity index (χ0) is 14.4. The van der Waals surface area contributed by atoms with Gasteiger partial charge in [-0.25, -0.2) is 9.78 Å². The number of amides is 1. The van der Waals surface area contributed by atoms with Crippen LogP contribution in [-0.4, -0.2) is 46.4 Å². The van der Waals surface area contributed by atoms with Crippen molar-refractivity contribution in [2.24, 2.45) is 0 Å². The third-order valence-corrected chi connectivity index (χ3v) is 3.47. The first kappa shape index (κ1) is 14.6. The van der Waals surface area contributed by atoms with E-state index in [-0.39, 0.29) is 12.5 Å². The minimum Gasteiger partial charge on any atom is -0.451 e. The van der Waals surface area contributed by atoms with Crippen molar-refractivity contribution in [3.05, 3.63) is 17.7 Å².